The van der Waals surface area contributed by atoms with Crippen molar-refractivity contribution in [2.45, 2.75) is 6.92 Å². The predicted octanol–water partition coefficient (Wildman–Crippen LogP) is 2.60. The van der Waals surface area contributed by atoms with Gasteiger partial charge in [0.15, 0.2) is 5.01 Å². The maximum Gasteiger partial charge on any atom is 0.321 e. The first-order valence-electron chi connectivity index (χ1n) is 8.37. The van der Waals surface area contributed by atoms with E-state index in [1.165, 1.54) is 23.5 Å². The summed E-state index contributed by atoms with van der Waals surface area (Å²) in [5.74, 6) is -0.850. The topological polar surface area (TPSA) is 109 Å². The van der Waals surface area contributed by atoms with Gasteiger partial charge in [0, 0.05) is 24.8 Å². The number of carbonyl (C=O) groups is 2. The number of halogens is 1. The Morgan fingerprint density at radius 3 is 2.68 bits per heavy atom. The van der Waals surface area contributed by atoms with E-state index in [9.17, 15) is 14.0 Å². The van der Waals surface area contributed by atoms with E-state index in [4.69, 9.17) is 0 Å². The van der Waals surface area contributed by atoms with Crippen molar-refractivity contribution in [3.63, 3.8) is 0 Å². The highest BCUT2D eigenvalue weighted by atomic mass is 32.1. The van der Waals surface area contributed by atoms with Crippen molar-refractivity contribution in [2.24, 2.45) is 0 Å². The second-order valence-corrected chi connectivity index (χ2v) is 6.71. The van der Waals surface area contributed by atoms with Crippen LogP contribution in [0.5, 0.6) is 0 Å². The van der Waals surface area contributed by atoms with Gasteiger partial charge in [-0.25, -0.2) is 9.18 Å². The molecule has 0 radical (unpaired) electrons. The summed E-state index contributed by atoms with van der Waals surface area (Å²) in [4.78, 5) is 28.0. The summed E-state index contributed by atoms with van der Waals surface area (Å²) in [6.45, 7) is 2.01. The first kappa shape index (κ1) is 19.4. The van der Waals surface area contributed by atoms with Crippen LogP contribution >= 0.6 is 11.3 Å². The van der Waals surface area contributed by atoms with Gasteiger partial charge >= 0.3 is 6.03 Å². The first-order chi connectivity index (χ1) is 13.5. The fraction of sp³-hybridized carbons (Fsp3) is 0.167. The maximum atomic E-state index is 13.5. The third-order valence-corrected chi connectivity index (χ3v) is 4.52. The zero-order valence-corrected chi connectivity index (χ0v) is 15.7. The fourth-order valence-corrected chi connectivity index (χ4v) is 2.91. The van der Waals surface area contributed by atoms with Gasteiger partial charge in [-0.1, -0.05) is 23.5 Å². The number of nitrogens with one attached hydrogen (secondary N) is 3. The highest BCUT2D eigenvalue weighted by Gasteiger charge is 2.11. The van der Waals surface area contributed by atoms with Crippen LogP contribution in [-0.2, 0) is 0 Å². The molecule has 2 heterocycles. The third kappa shape index (κ3) is 5.07. The molecule has 0 aliphatic carbocycles. The lowest BCUT2D eigenvalue weighted by atomic mass is 10.1. The molecule has 8 nitrogen and oxygen atoms in total. The average molecular weight is 400 g/mol. The van der Waals surface area contributed by atoms with Gasteiger partial charge in [0.2, 0.25) is 5.13 Å². The van der Waals surface area contributed by atoms with E-state index in [0.717, 1.165) is 0 Å². The van der Waals surface area contributed by atoms with Gasteiger partial charge in [-0.3, -0.25) is 15.1 Å². The van der Waals surface area contributed by atoms with Gasteiger partial charge in [0.25, 0.3) is 5.91 Å². The minimum Gasteiger partial charge on any atom is -0.350 e. The number of benzene rings is 1. The molecule has 0 unspecified atom stereocenters. The summed E-state index contributed by atoms with van der Waals surface area (Å²) in [7, 11) is 0. The van der Waals surface area contributed by atoms with Crippen LogP contribution in [-0.4, -0.2) is 40.2 Å². The number of rotatable bonds is 6. The van der Waals surface area contributed by atoms with Crippen molar-refractivity contribution >= 4 is 28.4 Å². The van der Waals surface area contributed by atoms with Crippen molar-refractivity contribution < 1.29 is 14.0 Å². The molecule has 144 valence electrons. The average Bonchev–Trinajstić information content (AvgIpc) is 3.16. The smallest absolute Gasteiger partial charge is 0.321 e. The third-order valence-electron chi connectivity index (χ3n) is 3.66. The van der Waals surface area contributed by atoms with Gasteiger partial charge in [-0.05, 0) is 36.8 Å². The molecular weight excluding hydrogens is 383 g/mol. The molecule has 0 atom stereocenters. The lowest BCUT2D eigenvalue weighted by Crippen LogP contribution is -2.36. The Morgan fingerprint density at radius 1 is 1.11 bits per heavy atom. The van der Waals surface area contributed by atoms with E-state index in [2.05, 4.69) is 31.1 Å². The molecule has 3 N–H and O–H groups in total. The number of anilines is 1. The second kappa shape index (κ2) is 9.00. The summed E-state index contributed by atoms with van der Waals surface area (Å²) in [5, 5.41) is 16.6. The number of nitrogens with zero attached hydrogens (tertiary/aromatic N) is 3. The minimum atomic E-state index is -0.473. The molecule has 3 aromatic rings. The van der Waals surface area contributed by atoms with Crippen molar-refractivity contribution in [2.75, 3.05) is 18.4 Å². The number of pyridine rings is 1. The molecule has 3 amide bonds. The van der Waals surface area contributed by atoms with E-state index in [1.807, 2.05) is 6.07 Å². The number of aromatic nitrogens is 3. The van der Waals surface area contributed by atoms with Crippen molar-refractivity contribution in [3.8, 4) is 10.7 Å². The Kier molecular flexibility index (Phi) is 6.22. The van der Waals surface area contributed by atoms with Gasteiger partial charge in [-0.2, -0.15) is 0 Å². The quantitative estimate of drug-likeness (QED) is 0.551. The van der Waals surface area contributed by atoms with Crippen LogP contribution in [0.2, 0.25) is 0 Å². The number of carbonyl (C=O) groups excluding carboxylic acids is 2. The molecule has 3 rings (SSSR count). The van der Waals surface area contributed by atoms with Gasteiger partial charge in [0.05, 0.1) is 0 Å². The Bertz CT molecular complexity index is 979. The highest BCUT2D eigenvalue weighted by Crippen LogP contribution is 2.24. The van der Waals surface area contributed by atoms with Crippen LogP contribution in [0.25, 0.3) is 10.7 Å². The summed E-state index contributed by atoms with van der Waals surface area (Å²) in [5.41, 5.74) is 1.37. The van der Waals surface area contributed by atoms with Gasteiger partial charge in [0.1, 0.15) is 11.5 Å². The van der Waals surface area contributed by atoms with Crippen LogP contribution in [0.15, 0.2) is 42.6 Å². The predicted molar refractivity (Wildman–Crippen MR) is 104 cm³/mol. The molecule has 0 aliphatic heterocycles. The minimum absolute atomic E-state index is 0.192. The molecule has 2 aromatic heterocycles. The molecule has 1 aromatic carbocycles. The van der Waals surface area contributed by atoms with Gasteiger partial charge < -0.3 is 10.6 Å². The Morgan fingerprint density at radius 2 is 1.93 bits per heavy atom. The maximum absolute atomic E-state index is 13.5. The number of aryl methyl sites for hydroxylation is 1. The Labute approximate surface area is 164 Å². The van der Waals surface area contributed by atoms with Crippen LogP contribution in [0, 0.1) is 12.7 Å². The molecular formula is C18H17FN6O2S. The summed E-state index contributed by atoms with van der Waals surface area (Å²) in [6, 6.07) is 9.22. The highest BCUT2D eigenvalue weighted by molar-refractivity contribution is 7.18. The fourth-order valence-electron chi connectivity index (χ4n) is 2.20. The van der Waals surface area contributed by atoms with E-state index < -0.39 is 17.8 Å². The number of hydrogen-bond donors (Lipinski definition) is 3. The molecule has 0 spiro atoms. The number of amides is 3. The largest absolute Gasteiger partial charge is 0.350 e. The summed E-state index contributed by atoms with van der Waals surface area (Å²) < 4.78 is 13.5. The monoisotopic (exact) mass is 400 g/mol. The number of hydrogen-bond acceptors (Lipinski definition) is 6. The van der Waals surface area contributed by atoms with Gasteiger partial charge in [-0.15, -0.1) is 10.2 Å². The van der Waals surface area contributed by atoms with E-state index >= 15 is 0 Å². The summed E-state index contributed by atoms with van der Waals surface area (Å²) in [6.07, 6.45) is 1.65. The van der Waals surface area contributed by atoms with Crippen LogP contribution in [0.4, 0.5) is 14.3 Å². The zero-order chi connectivity index (χ0) is 19.9. The molecule has 0 aliphatic rings. The normalized spacial score (nSPS) is 10.4. The van der Waals surface area contributed by atoms with Crippen LogP contribution in [0.1, 0.15) is 15.9 Å². The molecule has 0 saturated heterocycles. The lowest BCUT2D eigenvalue weighted by Gasteiger charge is -2.07. The molecule has 0 bridgehead atoms. The molecule has 10 heteroatoms. The first-order valence-corrected chi connectivity index (χ1v) is 9.18. The number of urea groups is 1. The van der Waals surface area contributed by atoms with Crippen LogP contribution < -0.4 is 16.0 Å². The molecule has 28 heavy (non-hydrogen) atoms. The van der Waals surface area contributed by atoms with E-state index in [1.54, 1.807) is 31.3 Å². The molecule has 0 fully saturated rings. The van der Waals surface area contributed by atoms with E-state index in [-0.39, 0.29) is 18.7 Å². The zero-order valence-electron chi connectivity index (χ0n) is 14.9. The van der Waals surface area contributed by atoms with Crippen molar-refractivity contribution in [1.29, 1.82) is 0 Å². The SMILES string of the molecule is Cc1ccc(C(=O)NCCNC(=O)Nc2nnc(-c3ccccn3)s2)cc1F. The van der Waals surface area contributed by atoms with Crippen molar-refractivity contribution in [3.05, 3.63) is 59.5 Å². The summed E-state index contributed by atoms with van der Waals surface area (Å²) >= 11 is 1.20. The Balaban J connectivity index is 1.42. The van der Waals surface area contributed by atoms with Crippen LogP contribution in [0.3, 0.4) is 0 Å². The van der Waals surface area contributed by atoms with Crippen molar-refractivity contribution in [1.82, 2.24) is 25.8 Å². The second-order valence-electron chi connectivity index (χ2n) is 5.73. The standard InChI is InChI=1S/C18H17FN6O2S/c1-11-5-6-12(10-13(11)19)15(26)21-8-9-22-17(27)23-18-25-24-16(28-18)14-4-2-3-7-20-14/h2-7,10H,8-9H2,1H3,(H,21,26)(H2,22,23,25,27). The lowest BCUT2D eigenvalue weighted by molar-refractivity contribution is 0.0953. The van der Waals surface area contributed by atoms with E-state index in [0.29, 0.717) is 21.4 Å². The molecule has 0 saturated carbocycles. The Hall–Kier alpha value is -3.40.